The number of nitrogens with zero attached hydrogens (tertiary/aromatic N) is 1. The van der Waals surface area contributed by atoms with Crippen LogP contribution in [-0.4, -0.2) is 80.8 Å². The van der Waals surface area contributed by atoms with Gasteiger partial charge in [0.05, 0.1) is 18.8 Å². The number of nitrogens with one attached hydrogen (secondary N) is 4. The van der Waals surface area contributed by atoms with Gasteiger partial charge in [0.15, 0.2) is 0 Å². The van der Waals surface area contributed by atoms with Crippen molar-refractivity contribution < 1.29 is 29.1 Å². The molecule has 34 heavy (non-hydrogen) atoms. The van der Waals surface area contributed by atoms with Gasteiger partial charge in [-0.15, -0.1) is 0 Å². The molecule has 0 radical (unpaired) electrons. The van der Waals surface area contributed by atoms with Gasteiger partial charge >= 0.3 is 5.97 Å². The number of hydrogen-bond acceptors (Lipinski definition) is 8. The SMILES string of the molecule is CSCCC(NC(=O)C(NC(=O)C(CC(N)=O)NC(=O)C(N)Cc1cnc[nH]1)C(C)C)C(=O)O. The fourth-order valence-corrected chi connectivity index (χ4v) is 3.43. The van der Waals surface area contributed by atoms with Crippen LogP contribution in [0.5, 0.6) is 0 Å². The number of hydrogen-bond donors (Lipinski definition) is 7. The summed E-state index contributed by atoms with van der Waals surface area (Å²) in [5.41, 5.74) is 11.7. The summed E-state index contributed by atoms with van der Waals surface area (Å²) in [5, 5.41) is 16.7. The molecule has 0 aliphatic heterocycles. The molecule has 9 N–H and O–H groups in total. The van der Waals surface area contributed by atoms with Gasteiger partial charge < -0.3 is 37.5 Å². The first kappa shape index (κ1) is 28.9. The van der Waals surface area contributed by atoms with Crippen LogP contribution in [0.25, 0.3) is 0 Å². The average molecular weight is 500 g/mol. The van der Waals surface area contributed by atoms with Gasteiger partial charge in [-0.05, 0) is 24.3 Å². The molecule has 4 amide bonds. The number of imidazole rings is 1. The van der Waals surface area contributed by atoms with E-state index in [2.05, 4.69) is 25.9 Å². The molecule has 1 aromatic rings. The summed E-state index contributed by atoms with van der Waals surface area (Å²) < 4.78 is 0. The fourth-order valence-electron chi connectivity index (χ4n) is 2.96. The monoisotopic (exact) mass is 499 g/mol. The Morgan fingerprint density at radius 2 is 1.74 bits per heavy atom. The number of aromatic amines is 1. The molecule has 13 nitrogen and oxygen atoms in total. The number of carbonyl (C=O) groups excluding carboxylic acids is 4. The topological polar surface area (TPSA) is 222 Å². The third kappa shape index (κ3) is 9.79. The molecule has 0 saturated carbocycles. The molecule has 0 fully saturated rings. The average Bonchev–Trinajstić information content (AvgIpc) is 3.26. The first-order valence-corrected chi connectivity index (χ1v) is 12.0. The second-order valence-corrected chi connectivity index (χ2v) is 9.02. The summed E-state index contributed by atoms with van der Waals surface area (Å²) in [7, 11) is 0. The Kier molecular flexibility index (Phi) is 12.1. The molecule has 1 rings (SSSR count). The van der Waals surface area contributed by atoms with E-state index in [9.17, 15) is 29.1 Å². The molecule has 4 atom stereocenters. The minimum atomic E-state index is -1.38. The van der Waals surface area contributed by atoms with Gasteiger partial charge in [-0.3, -0.25) is 19.2 Å². The zero-order valence-electron chi connectivity index (χ0n) is 19.4. The highest BCUT2D eigenvalue weighted by atomic mass is 32.2. The highest BCUT2D eigenvalue weighted by Gasteiger charge is 2.32. The fraction of sp³-hybridized carbons (Fsp3) is 0.600. The van der Waals surface area contributed by atoms with Gasteiger partial charge in [-0.2, -0.15) is 11.8 Å². The maximum absolute atomic E-state index is 12.9. The molecule has 0 bridgehead atoms. The van der Waals surface area contributed by atoms with Crippen LogP contribution in [-0.2, 0) is 30.4 Å². The van der Waals surface area contributed by atoms with E-state index in [1.165, 1.54) is 24.3 Å². The van der Waals surface area contributed by atoms with Crippen molar-refractivity contribution in [1.82, 2.24) is 25.9 Å². The second kappa shape index (κ2) is 14.2. The van der Waals surface area contributed by atoms with Crippen molar-refractivity contribution in [2.45, 2.75) is 57.3 Å². The zero-order chi connectivity index (χ0) is 25.8. The predicted molar refractivity (Wildman–Crippen MR) is 125 cm³/mol. The molecular weight excluding hydrogens is 466 g/mol. The van der Waals surface area contributed by atoms with Gasteiger partial charge in [0, 0.05) is 18.3 Å². The van der Waals surface area contributed by atoms with Crippen molar-refractivity contribution in [3.63, 3.8) is 0 Å². The van der Waals surface area contributed by atoms with E-state index in [1.807, 2.05) is 6.26 Å². The van der Waals surface area contributed by atoms with Gasteiger partial charge in [-0.25, -0.2) is 9.78 Å². The number of aliphatic carboxylic acids is 1. The Balaban J connectivity index is 2.89. The molecule has 0 spiro atoms. The number of nitrogens with two attached hydrogens (primary N) is 2. The normalized spacial score (nSPS) is 14.5. The molecule has 0 saturated heterocycles. The summed E-state index contributed by atoms with van der Waals surface area (Å²) in [6.07, 6.45) is 4.53. The van der Waals surface area contributed by atoms with Crippen LogP contribution in [0.1, 0.15) is 32.4 Å². The molecule has 190 valence electrons. The number of amides is 4. The molecule has 0 aliphatic rings. The van der Waals surface area contributed by atoms with E-state index in [4.69, 9.17) is 11.5 Å². The lowest BCUT2D eigenvalue weighted by Crippen LogP contribution is -2.59. The van der Waals surface area contributed by atoms with Crippen LogP contribution in [0.3, 0.4) is 0 Å². The summed E-state index contributed by atoms with van der Waals surface area (Å²) >= 11 is 1.43. The quantitative estimate of drug-likeness (QED) is 0.143. The van der Waals surface area contributed by atoms with E-state index in [-0.39, 0.29) is 12.8 Å². The number of carbonyl (C=O) groups is 5. The summed E-state index contributed by atoms with van der Waals surface area (Å²) in [4.78, 5) is 67.7. The Labute approximate surface area is 201 Å². The van der Waals surface area contributed by atoms with E-state index < -0.39 is 66.1 Å². The summed E-state index contributed by atoms with van der Waals surface area (Å²) in [6.45, 7) is 3.31. The third-order valence-corrected chi connectivity index (χ3v) is 5.49. The molecule has 14 heteroatoms. The van der Waals surface area contributed by atoms with Crippen molar-refractivity contribution in [2.24, 2.45) is 17.4 Å². The first-order chi connectivity index (χ1) is 16.0. The van der Waals surface area contributed by atoms with Crippen LogP contribution < -0.4 is 27.4 Å². The Hall–Kier alpha value is -3.13. The Morgan fingerprint density at radius 3 is 2.24 bits per heavy atom. The molecule has 4 unspecified atom stereocenters. The largest absolute Gasteiger partial charge is 0.480 e. The van der Waals surface area contributed by atoms with Crippen molar-refractivity contribution >= 4 is 41.4 Å². The second-order valence-electron chi connectivity index (χ2n) is 8.03. The number of rotatable bonds is 15. The first-order valence-electron chi connectivity index (χ1n) is 10.6. The van der Waals surface area contributed by atoms with Crippen molar-refractivity contribution in [3.05, 3.63) is 18.2 Å². The third-order valence-electron chi connectivity index (χ3n) is 4.84. The zero-order valence-corrected chi connectivity index (χ0v) is 20.2. The summed E-state index contributed by atoms with van der Waals surface area (Å²) in [6, 6.07) is -4.66. The minimum absolute atomic E-state index is 0.111. The van der Waals surface area contributed by atoms with Crippen molar-refractivity contribution in [1.29, 1.82) is 0 Å². The molecule has 1 heterocycles. The van der Waals surface area contributed by atoms with E-state index in [0.29, 0.717) is 11.4 Å². The Morgan fingerprint density at radius 1 is 1.09 bits per heavy atom. The van der Waals surface area contributed by atoms with Crippen LogP contribution in [0, 0.1) is 5.92 Å². The van der Waals surface area contributed by atoms with Crippen LogP contribution >= 0.6 is 11.8 Å². The lowest BCUT2D eigenvalue weighted by molar-refractivity contribution is -0.142. The van der Waals surface area contributed by atoms with Gasteiger partial charge in [0.2, 0.25) is 23.6 Å². The number of carboxylic acid groups (broad SMARTS) is 1. The van der Waals surface area contributed by atoms with E-state index >= 15 is 0 Å². The Bertz CT molecular complexity index is 848. The lowest BCUT2D eigenvalue weighted by atomic mass is 10.0. The lowest BCUT2D eigenvalue weighted by Gasteiger charge is -2.26. The summed E-state index contributed by atoms with van der Waals surface area (Å²) in [5.74, 6) is -4.18. The van der Waals surface area contributed by atoms with Crippen molar-refractivity contribution in [3.8, 4) is 0 Å². The number of carboxylic acids is 1. The van der Waals surface area contributed by atoms with Gasteiger partial charge in [0.1, 0.15) is 18.1 Å². The molecule has 0 aliphatic carbocycles. The van der Waals surface area contributed by atoms with Gasteiger partial charge in [-0.1, -0.05) is 13.8 Å². The molecular formula is C20H33N7O6S. The maximum Gasteiger partial charge on any atom is 0.326 e. The number of aromatic nitrogens is 2. The standard InChI is InChI=1S/C20H33N7O6S/c1-10(2)16(19(31)25-13(20(32)33)4-5-34-3)27-18(30)14(7-15(22)28)26-17(29)12(21)6-11-8-23-9-24-11/h8-10,12-14,16H,4-7,21H2,1-3H3,(H2,22,28)(H,23,24)(H,25,31)(H,26,29)(H,27,30)(H,32,33). The van der Waals surface area contributed by atoms with E-state index in [0.717, 1.165) is 0 Å². The molecule has 1 aromatic heterocycles. The van der Waals surface area contributed by atoms with Crippen LogP contribution in [0.2, 0.25) is 0 Å². The number of thioether (sulfide) groups is 1. The highest BCUT2D eigenvalue weighted by Crippen LogP contribution is 2.07. The molecule has 0 aromatic carbocycles. The maximum atomic E-state index is 12.9. The van der Waals surface area contributed by atoms with Crippen LogP contribution in [0.4, 0.5) is 0 Å². The van der Waals surface area contributed by atoms with Crippen LogP contribution in [0.15, 0.2) is 12.5 Å². The minimum Gasteiger partial charge on any atom is -0.480 e. The van der Waals surface area contributed by atoms with Crippen molar-refractivity contribution in [2.75, 3.05) is 12.0 Å². The smallest absolute Gasteiger partial charge is 0.326 e. The number of primary amides is 1. The predicted octanol–water partition coefficient (Wildman–Crippen LogP) is -1.90. The highest BCUT2D eigenvalue weighted by molar-refractivity contribution is 7.98. The number of H-pyrrole nitrogens is 1. The van der Waals surface area contributed by atoms with Gasteiger partial charge in [0.25, 0.3) is 0 Å². The van der Waals surface area contributed by atoms with E-state index in [1.54, 1.807) is 13.8 Å².